The molecular weight excluding hydrogens is 374 g/mol. The first-order chi connectivity index (χ1) is 14.6. The molecule has 0 spiro atoms. The van der Waals surface area contributed by atoms with Crippen molar-refractivity contribution in [3.05, 3.63) is 113 Å². The van der Waals surface area contributed by atoms with Gasteiger partial charge in [0.2, 0.25) is 0 Å². The first-order valence-corrected chi connectivity index (χ1v) is 9.44. The second kappa shape index (κ2) is 7.73. The van der Waals surface area contributed by atoms with Crippen LogP contribution in [0.15, 0.2) is 79.4 Å². The molecule has 1 heterocycles. The highest BCUT2D eigenvalue weighted by atomic mass is 16.5. The van der Waals surface area contributed by atoms with Gasteiger partial charge in [-0.2, -0.15) is 0 Å². The summed E-state index contributed by atoms with van der Waals surface area (Å²) >= 11 is 0. The number of hydrogen-bond donors (Lipinski definition) is 1. The lowest BCUT2D eigenvalue weighted by molar-refractivity contribution is -0.146. The second-order valence-corrected chi connectivity index (χ2v) is 6.90. The fourth-order valence-corrected chi connectivity index (χ4v) is 3.66. The molecule has 3 aromatic rings. The standard InChI is InChI=1S/C26H19NO3/c1-3-18-14-15-22-23(17-18)26(25(29)30-2,27-24(22)28)21-11-7-10-20(16-21)13-12-19-8-5-4-6-9-19/h3-11,14-17H,1H2,2H3,(H,27,28). The van der Waals surface area contributed by atoms with Crippen LogP contribution in [0.1, 0.15) is 38.2 Å². The van der Waals surface area contributed by atoms with Gasteiger partial charge in [-0.05, 0) is 47.5 Å². The van der Waals surface area contributed by atoms with Crippen LogP contribution < -0.4 is 5.32 Å². The fourth-order valence-electron chi connectivity index (χ4n) is 3.66. The van der Waals surface area contributed by atoms with E-state index >= 15 is 0 Å². The van der Waals surface area contributed by atoms with E-state index in [0.29, 0.717) is 16.7 Å². The van der Waals surface area contributed by atoms with Crippen LogP contribution in [0.2, 0.25) is 0 Å². The van der Waals surface area contributed by atoms with E-state index in [-0.39, 0.29) is 5.91 Å². The largest absolute Gasteiger partial charge is 0.467 e. The molecule has 0 bridgehead atoms. The number of methoxy groups -OCH3 is 1. The molecule has 0 fully saturated rings. The molecule has 30 heavy (non-hydrogen) atoms. The molecular formula is C26H19NO3. The van der Waals surface area contributed by atoms with Crippen molar-refractivity contribution in [3.8, 4) is 11.8 Å². The molecule has 1 aliphatic rings. The molecule has 0 radical (unpaired) electrons. The van der Waals surface area contributed by atoms with Gasteiger partial charge in [-0.15, -0.1) is 0 Å². The monoisotopic (exact) mass is 393 g/mol. The van der Waals surface area contributed by atoms with Crippen LogP contribution in [-0.4, -0.2) is 19.0 Å². The summed E-state index contributed by atoms with van der Waals surface area (Å²) in [4.78, 5) is 25.7. The quantitative estimate of drug-likeness (QED) is 0.543. The molecule has 0 aromatic heterocycles. The van der Waals surface area contributed by atoms with E-state index < -0.39 is 11.5 Å². The number of amides is 1. The highest BCUT2D eigenvalue weighted by Crippen LogP contribution is 2.39. The van der Waals surface area contributed by atoms with Crippen LogP contribution >= 0.6 is 0 Å². The van der Waals surface area contributed by atoms with Crippen LogP contribution in [0, 0.1) is 11.8 Å². The third-order valence-electron chi connectivity index (χ3n) is 5.14. The normalized spacial score (nSPS) is 16.6. The van der Waals surface area contributed by atoms with E-state index in [1.165, 1.54) is 7.11 Å². The second-order valence-electron chi connectivity index (χ2n) is 6.90. The third-order valence-corrected chi connectivity index (χ3v) is 5.14. The van der Waals surface area contributed by atoms with Crippen LogP contribution in [0.3, 0.4) is 0 Å². The van der Waals surface area contributed by atoms with Crippen molar-refractivity contribution in [2.45, 2.75) is 5.54 Å². The third kappa shape index (κ3) is 3.17. The molecule has 0 saturated carbocycles. The van der Waals surface area contributed by atoms with Gasteiger partial charge in [-0.25, -0.2) is 4.79 Å². The van der Waals surface area contributed by atoms with E-state index in [9.17, 15) is 9.59 Å². The maximum absolute atomic E-state index is 13.0. The van der Waals surface area contributed by atoms with Crippen molar-refractivity contribution in [1.82, 2.24) is 5.32 Å². The van der Waals surface area contributed by atoms with Gasteiger partial charge in [-0.3, -0.25) is 4.79 Å². The first kappa shape index (κ1) is 19.2. The average Bonchev–Trinajstić information content (AvgIpc) is 3.10. The molecule has 4 rings (SSSR count). The zero-order chi connectivity index (χ0) is 21.1. The predicted octanol–water partition coefficient (Wildman–Crippen LogP) is 3.89. The summed E-state index contributed by atoms with van der Waals surface area (Å²) in [5, 5.41) is 2.86. The number of carbonyl (C=O) groups excluding carboxylic acids is 2. The van der Waals surface area contributed by atoms with Crippen LogP contribution in [-0.2, 0) is 15.1 Å². The number of carbonyl (C=O) groups is 2. The van der Waals surface area contributed by atoms with Crippen molar-refractivity contribution in [2.75, 3.05) is 7.11 Å². The molecule has 4 heteroatoms. The van der Waals surface area contributed by atoms with Crippen LogP contribution in [0.25, 0.3) is 6.08 Å². The first-order valence-electron chi connectivity index (χ1n) is 9.44. The molecule has 1 amide bonds. The van der Waals surface area contributed by atoms with E-state index in [1.807, 2.05) is 48.5 Å². The highest BCUT2D eigenvalue weighted by molar-refractivity contribution is 6.07. The Bertz CT molecular complexity index is 1220. The number of rotatable bonds is 3. The Morgan fingerprint density at radius 3 is 2.47 bits per heavy atom. The van der Waals surface area contributed by atoms with Crippen molar-refractivity contribution in [1.29, 1.82) is 0 Å². The van der Waals surface area contributed by atoms with Gasteiger partial charge in [0.15, 0.2) is 5.54 Å². The van der Waals surface area contributed by atoms with Crippen LogP contribution in [0.4, 0.5) is 0 Å². The molecule has 4 nitrogen and oxygen atoms in total. The Balaban J connectivity index is 1.87. The summed E-state index contributed by atoms with van der Waals surface area (Å²) in [5.41, 5.74) is 2.55. The van der Waals surface area contributed by atoms with Gasteiger partial charge in [0.05, 0.1) is 7.11 Å². The Labute approximate surface area is 175 Å². The van der Waals surface area contributed by atoms with Crippen molar-refractivity contribution in [2.24, 2.45) is 0 Å². The van der Waals surface area contributed by atoms with E-state index in [4.69, 9.17) is 4.74 Å². The Hall–Kier alpha value is -4.10. The number of ether oxygens (including phenoxy) is 1. The van der Waals surface area contributed by atoms with Gasteiger partial charge < -0.3 is 10.1 Å². The van der Waals surface area contributed by atoms with Gasteiger partial charge in [-0.1, -0.05) is 60.9 Å². The lowest BCUT2D eigenvalue weighted by atomic mass is 9.82. The number of esters is 1. The smallest absolute Gasteiger partial charge is 0.341 e. The minimum absolute atomic E-state index is 0.327. The zero-order valence-electron chi connectivity index (χ0n) is 16.4. The Morgan fingerprint density at radius 2 is 1.73 bits per heavy atom. The molecule has 0 aliphatic carbocycles. The minimum atomic E-state index is -1.44. The summed E-state index contributed by atoms with van der Waals surface area (Å²) in [7, 11) is 1.31. The van der Waals surface area contributed by atoms with Gasteiger partial charge in [0, 0.05) is 22.3 Å². The van der Waals surface area contributed by atoms with Crippen molar-refractivity contribution < 1.29 is 14.3 Å². The lowest BCUT2D eigenvalue weighted by Crippen LogP contribution is -2.48. The number of benzene rings is 3. The lowest BCUT2D eigenvalue weighted by Gasteiger charge is -2.28. The molecule has 0 saturated heterocycles. The molecule has 1 atom stereocenters. The number of hydrogen-bond acceptors (Lipinski definition) is 3. The predicted molar refractivity (Wildman–Crippen MR) is 116 cm³/mol. The van der Waals surface area contributed by atoms with Gasteiger partial charge in [0.25, 0.3) is 5.91 Å². The van der Waals surface area contributed by atoms with Crippen molar-refractivity contribution >= 4 is 18.0 Å². The summed E-state index contributed by atoms with van der Waals surface area (Å²) < 4.78 is 5.12. The highest BCUT2D eigenvalue weighted by Gasteiger charge is 2.51. The maximum Gasteiger partial charge on any atom is 0.341 e. The van der Waals surface area contributed by atoms with Gasteiger partial charge >= 0.3 is 5.97 Å². The van der Waals surface area contributed by atoms with Gasteiger partial charge in [0.1, 0.15) is 0 Å². The summed E-state index contributed by atoms with van der Waals surface area (Å²) in [5.74, 6) is 5.35. The topological polar surface area (TPSA) is 55.4 Å². The van der Waals surface area contributed by atoms with Crippen molar-refractivity contribution in [3.63, 3.8) is 0 Å². The molecule has 3 aromatic carbocycles. The SMILES string of the molecule is C=Cc1ccc2c(c1)C(C(=O)OC)(c1cccc(C#Cc3ccccc3)c1)NC2=O. The summed E-state index contributed by atoms with van der Waals surface area (Å²) in [6, 6.07) is 22.2. The summed E-state index contributed by atoms with van der Waals surface area (Å²) in [6.07, 6.45) is 1.67. The molecule has 1 N–H and O–H groups in total. The van der Waals surface area contributed by atoms with E-state index in [1.54, 1.807) is 30.3 Å². The molecule has 146 valence electrons. The molecule has 1 aliphatic heterocycles. The van der Waals surface area contributed by atoms with E-state index in [0.717, 1.165) is 16.7 Å². The summed E-state index contributed by atoms with van der Waals surface area (Å²) in [6.45, 7) is 3.79. The van der Waals surface area contributed by atoms with Crippen LogP contribution in [0.5, 0.6) is 0 Å². The number of nitrogens with one attached hydrogen (secondary N) is 1. The maximum atomic E-state index is 13.0. The average molecular weight is 393 g/mol. The molecule has 1 unspecified atom stereocenters. The minimum Gasteiger partial charge on any atom is -0.467 e. The Kier molecular flexibility index (Phi) is 4.95. The Morgan fingerprint density at radius 1 is 1.00 bits per heavy atom. The van der Waals surface area contributed by atoms with E-state index in [2.05, 4.69) is 23.7 Å². The zero-order valence-corrected chi connectivity index (χ0v) is 16.4. The fraction of sp³-hybridized carbons (Fsp3) is 0.0769. The number of fused-ring (bicyclic) bond motifs is 1.